The number of anilines is 1. The highest BCUT2D eigenvalue weighted by molar-refractivity contribution is 6.05. The molecular weight excluding hydrogens is 447 g/mol. The molecule has 0 spiro atoms. The van der Waals surface area contributed by atoms with Crippen LogP contribution in [0.15, 0.2) is 48.8 Å². The molecule has 2 N–H and O–H groups in total. The van der Waals surface area contributed by atoms with Gasteiger partial charge in [0, 0.05) is 50.1 Å². The van der Waals surface area contributed by atoms with Crippen molar-refractivity contribution in [2.24, 2.45) is 0 Å². The third-order valence-electron chi connectivity index (χ3n) is 5.00. The highest BCUT2D eigenvalue weighted by Crippen LogP contribution is 2.32. The van der Waals surface area contributed by atoms with Crippen LogP contribution in [0.5, 0.6) is 11.5 Å². The van der Waals surface area contributed by atoms with Crippen LogP contribution in [0.4, 0.5) is 18.9 Å². The minimum absolute atomic E-state index is 0.0199. The predicted molar refractivity (Wildman–Crippen MR) is 124 cm³/mol. The maximum atomic E-state index is 12.9. The number of fused-ring (bicyclic) bond motifs is 1. The molecule has 3 aromatic rings. The zero-order valence-electron chi connectivity index (χ0n) is 19.1. The molecular formula is C24H24F3N5O2. The first-order chi connectivity index (χ1) is 16.2. The molecule has 0 saturated heterocycles. The molecule has 0 aliphatic carbocycles. The van der Waals surface area contributed by atoms with Gasteiger partial charge in [-0.25, -0.2) is 4.98 Å². The molecule has 4 rings (SSSR count). The second-order valence-corrected chi connectivity index (χ2v) is 7.20. The summed E-state index contributed by atoms with van der Waals surface area (Å²) in [6.45, 7) is 4.52. The van der Waals surface area contributed by atoms with Gasteiger partial charge in [-0.15, -0.1) is 0 Å². The van der Waals surface area contributed by atoms with E-state index in [0.717, 1.165) is 17.3 Å². The van der Waals surface area contributed by atoms with E-state index in [-0.39, 0.29) is 17.3 Å². The summed E-state index contributed by atoms with van der Waals surface area (Å²) in [5.74, 6) is 0.587. The normalized spacial score (nSPS) is 12.6. The zero-order valence-corrected chi connectivity index (χ0v) is 19.1. The summed E-state index contributed by atoms with van der Waals surface area (Å²) in [6, 6.07) is 10.1. The number of nitrogens with one attached hydrogen (secondary N) is 2. The molecule has 0 atom stereocenters. The van der Waals surface area contributed by atoms with Crippen molar-refractivity contribution < 1.29 is 22.7 Å². The number of aromatic nitrogens is 2. The lowest BCUT2D eigenvalue weighted by molar-refractivity contribution is -0.0589. The molecule has 10 heteroatoms. The number of hydrogen-bond acceptors (Lipinski definition) is 6. The largest absolute Gasteiger partial charge is 0.456 e. The summed E-state index contributed by atoms with van der Waals surface area (Å²) in [7, 11) is 3.18. The Bertz CT molecular complexity index is 1230. The van der Waals surface area contributed by atoms with Gasteiger partial charge in [-0.05, 0) is 23.8 Å². The number of carbonyl (C=O) groups is 1. The van der Waals surface area contributed by atoms with Crippen LogP contribution in [0.2, 0.25) is 0 Å². The number of halogens is 3. The predicted octanol–water partition coefficient (Wildman–Crippen LogP) is 5.52. The van der Waals surface area contributed by atoms with Gasteiger partial charge in [0.05, 0.1) is 17.6 Å². The molecule has 0 bridgehead atoms. The van der Waals surface area contributed by atoms with Crippen molar-refractivity contribution in [1.82, 2.24) is 14.9 Å². The molecule has 0 radical (unpaired) electrons. The highest BCUT2D eigenvalue weighted by Gasteiger charge is 2.37. The number of hydrogen-bond donors (Lipinski definition) is 2. The monoisotopic (exact) mass is 471 g/mol. The third-order valence-corrected chi connectivity index (χ3v) is 5.00. The van der Waals surface area contributed by atoms with Gasteiger partial charge in [-0.1, -0.05) is 19.9 Å². The number of pyridine rings is 2. The van der Waals surface area contributed by atoms with Gasteiger partial charge in [-0.3, -0.25) is 15.2 Å². The molecule has 3 heterocycles. The lowest BCUT2D eigenvalue weighted by Crippen LogP contribution is -2.24. The van der Waals surface area contributed by atoms with E-state index >= 15 is 0 Å². The van der Waals surface area contributed by atoms with Gasteiger partial charge in [0.15, 0.2) is 5.71 Å². The van der Waals surface area contributed by atoms with Crippen molar-refractivity contribution in [1.29, 1.82) is 5.41 Å². The van der Waals surface area contributed by atoms with Crippen LogP contribution in [0, 0.1) is 5.41 Å². The van der Waals surface area contributed by atoms with Crippen LogP contribution in [0.3, 0.4) is 0 Å². The van der Waals surface area contributed by atoms with Gasteiger partial charge >= 0.3 is 6.18 Å². The van der Waals surface area contributed by atoms with Crippen molar-refractivity contribution >= 4 is 17.3 Å². The van der Waals surface area contributed by atoms with Gasteiger partial charge in [-0.2, -0.15) is 13.2 Å². The van der Waals surface area contributed by atoms with E-state index in [1.807, 2.05) is 19.9 Å². The van der Waals surface area contributed by atoms with Crippen LogP contribution in [-0.2, 0) is 6.54 Å². The van der Waals surface area contributed by atoms with Crippen molar-refractivity contribution in [3.63, 3.8) is 0 Å². The van der Waals surface area contributed by atoms with E-state index in [1.54, 1.807) is 42.4 Å². The Morgan fingerprint density at radius 3 is 2.53 bits per heavy atom. The zero-order chi connectivity index (χ0) is 25.0. The van der Waals surface area contributed by atoms with Gasteiger partial charge < -0.3 is 15.0 Å². The molecule has 1 aromatic carbocycles. The lowest BCUT2D eigenvalue weighted by Gasteiger charge is -2.14. The Labute approximate surface area is 195 Å². The van der Waals surface area contributed by atoms with Crippen LogP contribution in [0.1, 0.15) is 35.5 Å². The summed E-state index contributed by atoms with van der Waals surface area (Å²) < 4.78 is 44.4. The van der Waals surface area contributed by atoms with E-state index < -0.39 is 17.6 Å². The summed E-state index contributed by atoms with van der Waals surface area (Å²) >= 11 is 0. The molecule has 1 aliphatic rings. The Balaban J connectivity index is 0.00000158. The van der Waals surface area contributed by atoms with E-state index in [9.17, 15) is 18.0 Å². The summed E-state index contributed by atoms with van der Waals surface area (Å²) in [6.07, 6.45) is -2.13. The van der Waals surface area contributed by atoms with Crippen LogP contribution in [0.25, 0.3) is 11.3 Å². The summed E-state index contributed by atoms with van der Waals surface area (Å²) in [5, 5.41) is 9.93. The maximum Gasteiger partial charge on any atom is 0.434 e. The number of alkyl halides is 3. The fourth-order valence-electron chi connectivity index (χ4n) is 3.42. The Morgan fingerprint density at radius 1 is 1.12 bits per heavy atom. The minimum Gasteiger partial charge on any atom is -0.456 e. The molecule has 0 unspecified atom stereocenters. The van der Waals surface area contributed by atoms with E-state index in [0.29, 0.717) is 23.6 Å². The molecule has 34 heavy (non-hydrogen) atoms. The van der Waals surface area contributed by atoms with Crippen LogP contribution < -0.4 is 10.1 Å². The number of amides is 1. The fourth-order valence-corrected chi connectivity index (χ4v) is 3.42. The average molecular weight is 471 g/mol. The Kier molecular flexibility index (Phi) is 7.19. The summed E-state index contributed by atoms with van der Waals surface area (Å²) in [4.78, 5) is 21.8. The van der Waals surface area contributed by atoms with Crippen LogP contribution >= 0.6 is 0 Å². The first-order valence-corrected chi connectivity index (χ1v) is 10.5. The van der Waals surface area contributed by atoms with E-state index in [4.69, 9.17) is 10.1 Å². The molecule has 1 aliphatic heterocycles. The maximum absolute atomic E-state index is 12.9. The molecule has 178 valence electrons. The lowest BCUT2D eigenvalue weighted by atomic mass is 10.0. The van der Waals surface area contributed by atoms with Gasteiger partial charge in [0.1, 0.15) is 17.2 Å². The Hall–Kier alpha value is -3.95. The third kappa shape index (κ3) is 5.00. The molecule has 7 nitrogen and oxygen atoms in total. The smallest absolute Gasteiger partial charge is 0.434 e. The van der Waals surface area contributed by atoms with Gasteiger partial charge in [0.25, 0.3) is 5.91 Å². The number of nitrogens with zero attached hydrogens (tertiary/aromatic N) is 3. The van der Waals surface area contributed by atoms with Crippen molar-refractivity contribution in [3.05, 3.63) is 65.6 Å². The number of rotatable bonds is 5. The number of carbonyl (C=O) groups excluding carboxylic acids is 1. The minimum atomic E-state index is -4.81. The number of benzene rings is 1. The first kappa shape index (κ1) is 24.7. The van der Waals surface area contributed by atoms with Crippen LogP contribution in [-0.4, -0.2) is 46.8 Å². The van der Waals surface area contributed by atoms with Gasteiger partial charge in [0.2, 0.25) is 0 Å². The molecule has 0 saturated carbocycles. The Morgan fingerprint density at radius 2 is 1.85 bits per heavy atom. The average Bonchev–Trinajstić information content (AvgIpc) is 3.12. The van der Waals surface area contributed by atoms with Crippen molar-refractivity contribution in [2.45, 2.75) is 26.6 Å². The molecule has 1 amide bonds. The second kappa shape index (κ2) is 9.90. The van der Waals surface area contributed by atoms with E-state index in [1.165, 1.54) is 13.1 Å². The van der Waals surface area contributed by atoms with Crippen molar-refractivity contribution in [2.75, 3.05) is 19.4 Å². The molecule has 2 aromatic heterocycles. The number of ether oxygens (including phenoxy) is 1. The van der Waals surface area contributed by atoms with E-state index in [2.05, 4.69) is 15.3 Å². The first-order valence-electron chi connectivity index (χ1n) is 10.5. The standard InChI is InChI=1S/C22H18F3N5O2.C2H6/c1-27-18-9-15(10-29-19(18)20(26)22(23,24)25)32-14-5-6-28-17(8-14)12-3-4-16-13(7-12)11-30(2)21(16)31;1-2/h3-10,26-27H,11H2,1-2H3;1-2H3. The molecule has 0 fully saturated rings. The van der Waals surface area contributed by atoms with Crippen molar-refractivity contribution in [3.8, 4) is 22.8 Å². The summed E-state index contributed by atoms with van der Waals surface area (Å²) in [5.41, 5.74) is 0.963. The highest BCUT2D eigenvalue weighted by atomic mass is 19.4. The topological polar surface area (TPSA) is 91.2 Å². The SMILES string of the molecule is CC.CNc1cc(Oc2ccnc(-c3ccc4c(c3)CN(C)C4=O)c2)cnc1C(=N)C(F)(F)F. The second-order valence-electron chi connectivity index (χ2n) is 7.20. The fraction of sp³-hybridized carbons (Fsp3) is 0.250. The quantitative estimate of drug-likeness (QED) is 0.478.